The van der Waals surface area contributed by atoms with E-state index in [0.717, 1.165) is 4.90 Å². The highest BCUT2D eigenvalue weighted by Gasteiger charge is 2.62. The van der Waals surface area contributed by atoms with Gasteiger partial charge in [-0.15, -0.1) is 0 Å². The second kappa shape index (κ2) is 3.41. The maximum atomic E-state index is 12.1. The van der Waals surface area contributed by atoms with Crippen LogP contribution in [-0.2, 0) is 16.1 Å². The van der Waals surface area contributed by atoms with Gasteiger partial charge in [0.05, 0.1) is 12.2 Å². The lowest BCUT2D eigenvalue weighted by Gasteiger charge is -2.29. The minimum atomic E-state index is -1.01. The summed E-state index contributed by atoms with van der Waals surface area (Å²) in [5.74, 6) is -0.506. The first-order valence-electron chi connectivity index (χ1n) is 5.62. The molecule has 2 aliphatic rings. The predicted octanol–water partition coefficient (Wildman–Crippen LogP) is 0.342. The van der Waals surface area contributed by atoms with Gasteiger partial charge >= 0.3 is 6.03 Å². The molecule has 1 spiro atoms. The van der Waals surface area contributed by atoms with Gasteiger partial charge in [0.25, 0.3) is 0 Å². The Kier molecular flexibility index (Phi) is 2.07. The van der Waals surface area contributed by atoms with Gasteiger partial charge in [-0.1, -0.05) is 5.16 Å². The number of imide groups is 2. The lowest BCUT2D eigenvalue weighted by molar-refractivity contribution is -0.145. The van der Waals surface area contributed by atoms with Crippen LogP contribution in [0.1, 0.15) is 24.3 Å². The lowest BCUT2D eigenvalue weighted by Crippen LogP contribution is -2.58. The van der Waals surface area contributed by atoms with Crippen molar-refractivity contribution in [3.8, 4) is 0 Å². The molecule has 0 atom stereocenters. The standard InChI is InChI=1S/C11H11N3O4/c1-6-4-7(18-13-6)5-14-9(16)11(2-3-11)8(15)12-10(14)17/h4H,2-3,5H2,1H3,(H,12,15,17). The van der Waals surface area contributed by atoms with Crippen LogP contribution in [-0.4, -0.2) is 27.9 Å². The zero-order valence-corrected chi connectivity index (χ0v) is 9.73. The molecule has 1 N–H and O–H groups in total. The first-order chi connectivity index (χ1) is 8.53. The molecule has 1 saturated carbocycles. The third-order valence-electron chi connectivity index (χ3n) is 3.30. The van der Waals surface area contributed by atoms with Crippen LogP contribution in [0.5, 0.6) is 0 Å². The SMILES string of the molecule is Cc1cc(CN2C(=O)NC(=O)C3(CC3)C2=O)on1. The largest absolute Gasteiger partial charge is 0.359 e. The topological polar surface area (TPSA) is 92.5 Å². The number of rotatable bonds is 2. The fraction of sp³-hybridized carbons (Fsp3) is 0.455. The number of hydrogen-bond acceptors (Lipinski definition) is 5. The minimum Gasteiger partial charge on any atom is -0.359 e. The van der Waals surface area contributed by atoms with Gasteiger partial charge in [0.1, 0.15) is 5.41 Å². The van der Waals surface area contributed by atoms with Crippen LogP contribution in [0, 0.1) is 12.3 Å². The van der Waals surface area contributed by atoms with E-state index in [9.17, 15) is 14.4 Å². The Balaban J connectivity index is 1.85. The van der Waals surface area contributed by atoms with E-state index in [4.69, 9.17) is 4.52 Å². The number of aromatic nitrogens is 1. The van der Waals surface area contributed by atoms with Crippen LogP contribution in [0.2, 0.25) is 0 Å². The van der Waals surface area contributed by atoms with E-state index in [-0.39, 0.29) is 6.54 Å². The number of carbonyl (C=O) groups is 3. The maximum Gasteiger partial charge on any atom is 0.331 e. The third-order valence-corrected chi connectivity index (χ3v) is 3.30. The molecule has 1 saturated heterocycles. The third kappa shape index (κ3) is 1.43. The smallest absolute Gasteiger partial charge is 0.331 e. The Bertz CT molecular complexity index is 558. The molecular weight excluding hydrogens is 238 g/mol. The summed E-state index contributed by atoms with van der Waals surface area (Å²) in [5, 5.41) is 5.89. The molecule has 2 heterocycles. The molecular formula is C11H11N3O4. The summed E-state index contributed by atoms with van der Waals surface area (Å²) in [4.78, 5) is 36.4. The highest BCUT2D eigenvalue weighted by molar-refractivity contribution is 6.20. The molecule has 1 aromatic heterocycles. The molecule has 4 amide bonds. The van der Waals surface area contributed by atoms with Gasteiger partial charge < -0.3 is 4.52 Å². The fourth-order valence-corrected chi connectivity index (χ4v) is 2.09. The van der Waals surface area contributed by atoms with Gasteiger partial charge in [0.2, 0.25) is 11.8 Å². The Morgan fingerprint density at radius 2 is 2.17 bits per heavy atom. The number of nitrogens with one attached hydrogen (secondary N) is 1. The summed E-state index contributed by atoms with van der Waals surface area (Å²) in [7, 11) is 0. The highest BCUT2D eigenvalue weighted by Crippen LogP contribution is 2.49. The van der Waals surface area contributed by atoms with Crippen molar-refractivity contribution in [2.75, 3.05) is 0 Å². The molecule has 0 unspecified atom stereocenters. The van der Waals surface area contributed by atoms with E-state index in [1.807, 2.05) is 0 Å². The average Bonchev–Trinajstić information content (AvgIpc) is 3.02. The first kappa shape index (κ1) is 10.9. The summed E-state index contributed by atoms with van der Waals surface area (Å²) in [6.07, 6.45) is 0.994. The van der Waals surface area contributed by atoms with Gasteiger partial charge in [-0.2, -0.15) is 0 Å². The Morgan fingerprint density at radius 3 is 2.72 bits per heavy atom. The minimum absolute atomic E-state index is 0.000532. The summed E-state index contributed by atoms with van der Waals surface area (Å²) in [5.41, 5.74) is -0.338. The molecule has 1 aromatic rings. The van der Waals surface area contributed by atoms with Crippen molar-refractivity contribution in [1.82, 2.24) is 15.4 Å². The van der Waals surface area contributed by atoms with Gasteiger partial charge in [-0.25, -0.2) is 4.79 Å². The van der Waals surface area contributed by atoms with Crippen LogP contribution in [0.15, 0.2) is 10.6 Å². The molecule has 0 radical (unpaired) electrons. The average molecular weight is 249 g/mol. The number of amides is 4. The number of hydrogen-bond donors (Lipinski definition) is 1. The van der Waals surface area contributed by atoms with Crippen LogP contribution >= 0.6 is 0 Å². The normalized spacial score (nSPS) is 21.4. The first-order valence-corrected chi connectivity index (χ1v) is 5.62. The molecule has 18 heavy (non-hydrogen) atoms. The summed E-state index contributed by atoms with van der Waals surface area (Å²) in [6, 6.07) is 0.952. The van der Waals surface area contributed by atoms with E-state index in [2.05, 4.69) is 10.5 Å². The van der Waals surface area contributed by atoms with Crippen molar-refractivity contribution in [2.45, 2.75) is 26.3 Å². The van der Waals surface area contributed by atoms with Crippen molar-refractivity contribution < 1.29 is 18.9 Å². The van der Waals surface area contributed by atoms with Gasteiger partial charge in [-0.05, 0) is 19.8 Å². The lowest BCUT2D eigenvalue weighted by atomic mass is 10.0. The van der Waals surface area contributed by atoms with E-state index in [0.29, 0.717) is 24.3 Å². The van der Waals surface area contributed by atoms with E-state index < -0.39 is 23.3 Å². The molecule has 7 nitrogen and oxygen atoms in total. The summed E-state index contributed by atoms with van der Waals surface area (Å²) in [6.45, 7) is 1.75. The number of carbonyl (C=O) groups excluding carboxylic acids is 3. The molecule has 94 valence electrons. The van der Waals surface area contributed by atoms with Crippen molar-refractivity contribution in [3.63, 3.8) is 0 Å². The predicted molar refractivity (Wildman–Crippen MR) is 57.0 cm³/mol. The number of nitrogens with zero attached hydrogens (tertiary/aromatic N) is 2. The van der Waals surface area contributed by atoms with E-state index in [1.165, 1.54) is 0 Å². The van der Waals surface area contributed by atoms with Crippen LogP contribution in [0.3, 0.4) is 0 Å². The Hall–Kier alpha value is -2.18. The Morgan fingerprint density at radius 1 is 1.44 bits per heavy atom. The quantitative estimate of drug-likeness (QED) is 0.763. The number of barbiturate groups is 1. The molecule has 0 aromatic carbocycles. The van der Waals surface area contributed by atoms with Crippen molar-refractivity contribution >= 4 is 17.8 Å². The zero-order chi connectivity index (χ0) is 12.9. The van der Waals surface area contributed by atoms with Crippen LogP contribution in [0.25, 0.3) is 0 Å². The Labute approximate surface area is 102 Å². The molecule has 7 heteroatoms. The maximum absolute atomic E-state index is 12.1. The molecule has 2 fully saturated rings. The van der Waals surface area contributed by atoms with Crippen LogP contribution < -0.4 is 5.32 Å². The second-order valence-corrected chi connectivity index (χ2v) is 4.67. The number of aryl methyl sites for hydroxylation is 1. The molecule has 0 bridgehead atoms. The number of urea groups is 1. The molecule has 1 aliphatic heterocycles. The van der Waals surface area contributed by atoms with Crippen molar-refractivity contribution in [1.29, 1.82) is 0 Å². The zero-order valence-electron chi connectivity index (χ0n) is 9.73. The monoisotopic (exact) mass is 249 g/mol. The highest BCUT2D eigenvalue weighted by atomic mass is 16.5. The van der Waals surface area contributed by atoms with Crippen molar-refractivity contribution in [3.05, 3.63) is 17.5 Å². The molecule has 3 rings (SSSR count). The van der Waals surface area contributed by atoms with Gasteiger partial charge in [0, 0.05) is 6.07 Å². The van der Waals surface area contributed by atoms with Crippen LogP contribution in [0.4, 0.5) is 4.79 Å². The second-order valence-electron chi connectivity index (χ2n) is 4.67. The molecule has 1 aliphatic carbocycles. The fourth-order valence-electron chi connectivity index (χ4n) is 2.09. The van der Waals surface area contributed by atoms with E-state index in [1.54, 1.807) is 13.0 Å². The van der Waals surface area contributed by atoms with Gasteiger partial charge in [-0.3, -0.25) is 19.8 Å². The van der Waals surface area contributed by atoms with Gasteiger partial charge in [0.15, 0.2) is 5.76 Å². The van der Waals surface area contributed by atoms with Crippen molar-refractivity contribution in [2.24, 2.45) is 5.41 Å². The summed E-state index contributed by atoms with van der Waals surface area (Å²) < 4.78 is 4.97. The van der Waals surface area contributed by atoms with E-state index >= 15 is 0 Å². The summed E-state index contributed by atoms with van der Waals surface area (Å²) >= 11 is 0.